The molecule has 4 rings (SSSR count). The summed E-state index contributed by atoms with van der Waals surface area (Å²) in [4.78, 5) is 17.1. The van der Waals surface area contributed by atoms with E-state index in [4.69, 9.17) is 9.52 Å². The Balaban J connectivity index is 1.54. The van der Waals surface area contributed by atoms with Gasteiger partial charge in [0, 0.05) is 25.7 Å². The van der Waals surface area contributed by atoms with Gasteiger partial charge in [0.2, 0.25) is 0 Å². The maximum absolute atomic E-state index is 12.7. The third-order valence-corrected chi connectivity index (χ3v) is 5.28. The molecule has 0 aliphatic carbocycles. The predicted octanol–water partition coefficient (Wildman–Crippen LogP) is 2.12. The molecule has 128 valence electrons. The number of fused-ring (bicyclic) bond motifs is 1. The van der Waals surface area contributed by atoms with Crippen molar-refractivity contribution >= 4 is 5.91 Å². The molecule has 1 saturated heterocycles. The molecule has 0 saturated carbocycles. The average molecular weight is 328 g/mol. The van der Waals surface area contributed by atoms with Gasteiger partial charge in [0.1, 0.15) is 5.76 Å². The normalized spacial score (nSPS) is 18.2. The summed E-state index contributed by atoms with van der Waals surface area (Å²) in [6.45, 7) is 6.50. The van der Waals surface area contributed by atoms with Crippen LogP contribution in [0, 0.1) is 6.92 Å². The molecule has 24 heavy (non-hydrogen) atoms. The van der Waals surface area contributed by atoms with E-state index in [0.717, 1.165) is 19.5 Å². The Morgan fingerprint density at radius 2 is 2.08 bits per heavy atom. The van der Waals surface area contributed by atoms with Gasteiger partial charge in [-0.25, -0.2) is 0 Å². The lowest BCUT2D eigenvalue weighted by atomic mass is 10.0. The lowest BCUT2D eigenvalue weighted by molar-refractivity contribution is 0.0728. The number of aromatic nitrogens is 2. The zero-order chi connectivity index (χ0) is 16.7. The Labute approximate surface area is 142 Å². The summed E-state index contributed by atoms with van der Waals surface area (Å²) >= 11 is 0. The first kappa shape index (κ1) is 15.4. The van der Waals surface area contributed by atoms with Crippen LogP contribution in [-0.4, -0.2) is 45.1 Å². The molecule has 2 aliphatic rings. The number of carbonyl (C=O) groups excluding carboxylic acids is 1. The lowest BCUT2D eigenvalue weighted by Crippen LogP contribution is -2.37. The van der Waals surface area contributed by atoms with Gasteiger partial charge in [-0.05, 0) is 45.3 Å². The fourth-order valence-electron chi connectivity index (χ4n) is 3.89. The zero-order valence-corrected chi connectivity index (χ0v) is 14.4. The van der Waals surface area contributed by atoms with Crippen LogP contribution in [0.4, 0.5) is 0 Å². The molecule has 1 amide bonds. The number of furan rings is 1. The second kappa shape index (κ2) is 6.09. The van der Waals surface area contributed by atoms with E-state index in [-0.39, 0.29) is 5.91 Å². The van der Waals surface area contributed by atoms with Crippen LogP contribution in [0.5, 0.6) is 0 Å². The smallest absolute Gasteiger partial charge is 0.257 e. The van der Waals surface area contributed by atoms with Crippen molar-refractivity contribution in [2.75, 3.05) is 19.6 Å². The first-order valence-corrected chi connectivity index (χ1v) is 8.73. The fourth-order valence-corrected chi connectivity index (χ4v) is 3.89. The number of rotatable bonds is 3. The summed E-state index contributed by atoms with van der Waals surface area (Å²) in [5, 5.41) is 4.75. The average Bonchev–Trinajstić information content (AvgIpc) is 3.30. The molecule has 0 radical (unpaired) electrons. The van der Waals surface area contributed by atoms with Gasteiger partial charge in [0.25, 0.3) is 5.91 Å². The van der Waals surface area contributed by atoms with Crippen LogP contribution in [-0.2, 0) is 26.6 Å². The van der Waals surface area contributed by atoms with Crippen LogP contribution >= 0.6 is 0 Å². The monoisotopic (exact) mass is 328 g/mol. The topological polar surface area (TPSA) is 54.5 Å². The number of likely N-dealkylation sites (tertiary alicyclic amines) is 1. The first-order chi connectivity index (χ1) is 11.6. The maximum atomic E-state index is 12.7. The van der Waals surface area contributed by atoms with Gasteiger partial charge in [-0.3, -0.25) is 14.4 Å². The van der Waals surface area contributed by atoms with Crippen LogP contribution in [0.1, 0.15) is 45.9 Å². The largest absolute Gasteiger partial charge is 0.469 e. The molecule has 0 aromatic carbocycles. The Bertz CT molecular complexity index is 755. The SMILES string of the molecule is Cc1occc1C(=O)N1CCc2c(CN3CCCC3)nn(C)c2C1. The highest BCUT2D eigenvalue weighted by molar-refractivity contribution is 5.95. The molecule has 2 aromatic rings. The molecular formula is C18H24N4O2. The highest BCUT2D eigenvalue weighted by atomic mass is 16.3. The molecule has 4 heterocycles. The van der Waals surface area contributed by atoms with E-state index in [2.05, 4.69) is 4.90 Å². The van der Waals surface area contributed by atoms with Gasteiger partial charge in [-0.2, -0.15) is 5.10 Å². The highest BCUT2D eigenvalue weighted by Gasteiger charge is 2.29. The van der Waals surface area contributed by atoms with Crippen molar-refractivity contribution in [1.29, 1.82) is 0 Å². The molecule has 0 spiro atoms. The van der Waals surface area contributed by atoms with Crippen molar-refractivity contribution in [3.8, 4) is 0 Å². The molecule has 6 nitrogen and oxygen atoms in total. The summed E-state index contributed by atoms with van der Waals surface area (Å²) < 4.78 is 7.24. The van der Waals surface area contributed by atoms with Gasteiger partial charge in [0.05, 0.1) is 29.8 Å². The first-order valence-electron chi connectivity index (χ1n) is 8.73. The molecular weight excluding hydrogens is 304 g/mol. The Morgan fingerprint density at radius 1 is 1.29 bits per heavy atom. The van der Waals surface area contributed by atoms with Crippen LogP contribution in [0.25, 0.3) is 0 Å². The molecule has 1 fully saturated rings. The van der Waals surface area contributed by atoms with Crippen molar-refractivity contribution in [2.24, 2.45) is 7.05 Å². The number of hydrogen-bond donors (Lipinski definition) is 0. The predicted molar refractivity (Wildman–Crippen MR) is 89.6 cm³/mol. The van der Waals surface area contributed by atoms with E-state index in [1.165, 1.54) is 42.9 Å². The molecule has 0 atom stereocenters. The van der Waals surface area contributed by atoms with Crippen molar-refractivity contribution in [1.82, 2.24) is 19.6 Å². The minimum Gasteiger partial charge on any atom is -0.469 e. The number of hydrogen-bond acceptors (Lipinski definition) is 4. The van der Waals surface area contributed by atoms with Crippen LogP contribution in [0.2, 0.25) is 0 Å². The van der Waals surface area contributed by atoms with Gasteiger partial charge < -0.3 is 9.32 Å². The Kier molecular flexibility index (Phi) is 3.92. The van der Waals surface area contributed by atoms with E-state index in [1.54, 1.807) is 12.3 Å². The van der Waals surface area contributed by atoms with Crippen LogP contribution < -0.4 is 0 Å². The van der Waals surface area contributed by atoms with Crippen molar-refractivity contribution < 1.29 is 9.21 Å². The molecule has 2 aliphatic heterocycles. The lowest BCUT2D eigenvalue weighted by Gasteiger charge is -2.28. The maximum Gasteiger partial charge on any atom is 0.257 e. The van der Waals surface area contributed by atoms with E-state index >= 15 is 0 Å². The Hall–Kier alpha value is -2.08. The van der Waals surface area contributed by atoms with E-state index < -0.39 is 0 Å². The van der Waals surface area contributed by atoms with E-state index in [1.807, 2.05) is 23.6 Å². The summed E-state index contributed by atoms with van der Waals surface area (Å²) in [5.74, 6) is 0.736. The number of aryl methyl sites for hydroxylation is 2. The zero-order valence-electron chi connectivity index (χ0n) is 14.4. The van der Waals surface area contributed by atoms with Crippen molar-refractivity contribution in [3.05, 3.63) is 40.6 Å². The summed E-state index contributed by atoms with van der Waals surface area (Å²) in [5.41, 5.74) is 4.38. The van der Waals surface area contributed by atoms with Gasteiger partial charge >= 0.3 is 0 Å². The summed E-state index contributed by atoms with van der Waals surface area (Å²) in [6, 6.07) is 1.76. The fraction of sp³-hybridized carbons (Fsp3) is 0.556. The van der Waals surface area contributed by atoms with Crippen LogP contribution in [0.3, 0.4) is 0 Å². The van der Waals surface area contributed by atoms with Gasteiger partial charge in [-0.1, -0.05) is 0 Å². The minimum atomic E-state index is 0.0502. The molecule has 2 aromatic heterocycles. The quantitative estimate of drug-likeness (QED) is 0.866. The Morgan fingerprint density at radius 3 is 2.79 bits per heavy atom. The molecule has 0 unspecified atom stereocenters. The second-order valence-corrected chi connectivity index (χ2v) is 6.85. The number of amides is 1. The third-order valence-electron chi connectivity index (χ3n) is 5.28. The van der Waals surface area contributed by atoms with Gasteiger partial charge in [0.15, 0.2) is 0 Å². The molecule has 0 N–H and O–H groups in total. The third kappa shape index (κ3) is 2.65. The van der Waals surface area contributed by atoms with E-state index in [9.17, 15) is 4.79 Å². The standard InChI is InChI=1S/C18H24N4O2/c1-13-14(6-10-24-13)18(23)22-9-5-15-16(11-21-7-3-4-8-21)19-20(2)17(15)12-22/h6,10H,3-5,7-9,11-12H2,1-2H3. The van der Waals surface area contributed by atoms with E-state index in [0.29, 0.717) is 17.9 Å². The van der Waals surface area contributed by atoms with Crippen molar-refractivity contribution in [2.45, 2.75) is 39.3 Å². The van der Waals surface area contributed by atoms with Crippen LogP contribution in [0.15, 0.2) is 16.7 Å². The molecule has 6 heteroatoms. The molecule has 0 bridgehead atoms. The van der Waals surface area contributed by atoms with Gasteiger partial charge in [-0.15, -0.1) is 0 Å². The van der Waals surface area contributed by atoms with Crippen molar-refractivity contribution in [3.63, 3.8) is 0 Å². The summed E-state index contributed by atoms with van der Waals surface area (Å²) in [6.07, 6.45) is 5.05. The number of carbonyl (C=O) groups is 1. The second-order valence-electron chi connectivity index (χ2n) is 6.85. The highest BCUT2D eigenvalue weighted by Crippen LogP contribution is 2.25. The number of nitrogens with zero attached hydrogens (tertiary/aromatic N) is 4. The summed E-state index contributed by atoms with van der Waals surface area (Å²) in [7, 11) is 1.99. The minimum absolute atomic E-state index is 0.0502.